The van der Waals surface area contributed by atoms with Gasteiger partial charge in [-0.15, -0.1) is 0 Å². The molecule has 1 aromatic heterocycles. The molecule has 1 heterocycles. The molecule has 0 saturated carbocycles. The summed E-state index contributed by atoms with van der Waals surface area (Å²) >= 11 is 17.5. The molecule has 2 nitrogen and oxygen atoms in total. The van der Waals surface area contributed by atoms with E-state index >= 15 is 0 Å². The lowest BCUT2D eigenvalue weighted by atomic mass is 10.1. The summed E-state index contributed by atoms with van der Waals surface area (Å²) in [5.74, 6) is 0.228. The van der Waals surface area contributed by atoms with Crippen molar-refractivity contribution in [2.45, 2.75) is 6.92 Å². The fourth-order valence-electron chi connectivity index (χ4n) is 1.36. The van der Waals surface area contributed by atoms with Crippen molar-refractivity contribution in [2.75, 3.05) is 0 Å². The second-order valence-electron chi connectivity index (χ2n) is 3.53. The van der Waals surface area contributed by atoms with Gasteiger partial charge in [0.15, 0.2) is 5.76 Å². The first-order chi connectivity index (χ1) is 8.00. The van der Waals surface area contributed by atoms with Gasteiger partial charge in [0.2, 0.25) is 0 Å². The zero-order chi connectivity index (χ0) is 12.6. The molecule has 0 saturated heterocycles. The Hall–Kier alpha value is -0.960. The van der Waals surface area contributed by atoms with Gasteiger partial charge in [0, 0.05) is 5.56 Å². The Morgan fingerprint density at radius 2 is 1.53 bits per heavy atom. The molecule has 88 valence electrons. The van der Waals surface area contributed by atoms with Crippen LogP contribution in [0.25, 0.3) is 11.3 Å². The van der Waals surface area contributed by atoms with Gasteiger partial charge >= 0.3 is 5.63 Å². The van der Waals surface area contributed by atoms with Crippen molar-refractivity contribution in [2.24, 2.45) is 0 Å². The molecule has 0 bridgehead atoms. The van der Waals surface area contributed by atoms with E-state index in [-0.39, 0.29) is 20.8 Å². The highest BCUT2D eigenvalue weighted by Crippen LogP contribution is 2.35. The monoisotopic (exact) mass is 288 g/mol. The smallest absolute Gasteiger partial charge is 0.356 e. The van der Waals surface area contributed by atoms with E-state index in [0.29, 0.717) is 5.56 Å². The maximum Gasteiger partial charge on any atom is 0.356 e. The predicted octanol–water partition coefficient (Wildman–Crippen LogP) is 4.58. The van der Waals surface area contributed by atoms with Gasteiger partial charge in [0.25, 0.3) is 0 Å². The Labute approximate surface area is 113 Å². The van der Waals surface area contributed by atoms with E-state index in [1.165, 1.54) is 0 Å². The number of hydrogen-bond acceptors (Lipinski definition) is 2. The maximum absolute atomic E-state index is 11.4. The first-order valence-corrected chi connectivity index (χ1v) is 5.88. The normalized spacial score (nSPS) is 10.6. The van der Waals surface area contributed by atoms with Crippen molar-refractivity contribution in [3.63, 3.8) is 0 Å². The van der Waals surface area contributed by atoms with Crippen LogP contribution in [0.2, 0.25) is 15.1 Å². The Morgan fingerprint density at radius 3 is 2.12 bits per heavy atom. The summed E-state index contributed by atoms with van der Waals surface area (Å²) in [6.07, 6.45) is 0. The van der Waals surface area contributed by atoms with Crippen molar-refractivity contribution in [1.82, 2.24) is 0 Å². The Balaban J connectivity index is 2.68. The van der Waals surface area contributed by atoms with Gasteiger partial charge in [0.1, 0.15) is 10.0 Å². The molecular formula is C12H7Cl3O2. The van der Waals surface area contributed by atoms with Crippen molar-refractivity contribution >= 4 is 34.8 Å². The number of hydrogen-bond donors (Lipinski definition) is 0. The second-order valence-corrected chi connectivity index (χ2v) is 4.66. The molecule has 0 aliphatic rings. The van der Waals surface area contributed by atoms with Crippen molar-refractivity contribution in [3.05, 3.63) is 55.3 Å². The molecule has 0 fully saturated rings. The van der Waals surface area contributed by atoms with Crippen LogP contribution < -0.4 is 5.63 Å². The molecule has 1 aromatic carbocycles. The number of aryl methyl sites for hydroxylation is 1. The van der Waals surface area contributed by atoms with E-state index in [4.69, 9.17) is 39.2 Å². The van der Waals surface area contributed by atoms with Crippen LogP contribution in [0.4, 0.5) is 0 Å². The average molecular weight is 290 g/mol. The third-order valence-corrected chi connectivity index (χ3v) is 3.55. The lowest BCUT2D eigenvalue weighted by molar-refractivity contribution is 0.526. The number of benzene rings is 1. The first kappa shape index (κ1) is 12.5. The molecule has 0 spiro atoms. The summed E-state index contributed by atoms with van der Waals surface area (Å²) < 4.78 is 5.04. The van der Waals surface area contributed by atoms with Crippen molar-refractivity contribution < 1.29 is 4.42 Å². The van der Waals surface area contributed by atoms with Crippen LogP contribution in [0.15, 0.2) is 33.5 Å². The predicted molar refractivity (Wildman–Crippen MR) is 70.2 cm³/mol. The summed E-state index contributed by atoms with van der Waals surface area (Å²) in [5, 5.41) is -0.0483. The molecule has 17 heavy (non-hydrogen) atoms. The van der Waals surface area contributed by atoms with Crippen molar-refractivity contribution in [1.29, 1.82) is 0 Å². The molecule has 0 radical (unpaired) electrons. The second kappa shape index (κ2) is 4.73. The van der Waals surface area contributed by atoms with E-state index in [0.717, 1.165) is 5.56 Å². The highest BCUT2D eigenvalue weighted by Gasteiger charge is 2.16. The Kier molecular flexibility index (Phi) is 3.48. The maximum atomic E-state index is 11.4. The Bertz CT molecular complexity index is 615. The Morgan fingerprint density at radius 1 is 0.941 bits per heavy atom. The fraction of sp³-hybridized carbons (Fsp3) is 0.0833. The fourth-order valence-corrected chi connectivity index (χ4v) is 1.95. The van der Waals surface area contributed by atoms with E-state index in [1.54, 1.807) is 12.1 Å². The van der Waals surface area contributed by atoms with E-state index < -0.39 is 5.63 Å². The summed E-state index contributed by atoms with van der Waals surface area (Å²) in [5.41, 5.74) is 1.07. The quantitative estimate of drug-likeness (QED) is 0.769. The van der Waals surface area contributed by atoms with Gasteiger partial charge in [-0.05, 0) is 6.92 Å². The molecule has 0 unspecified atom stereocenters. The lowest BCUT2D eigenvalue weighted by Crippen LogP contribution is -2.01. The zero-order valence-electron chi connectivity index (χ0n) is 8.76. The van der Waals surface area contributed by atoms with Crippen LogP contribution in [-0.4, -0.2) is 0 Å². The molecule has 0 aliphatic carbocycles. The van der Waals surface area contributed by atoms with Crippen molar-refractivity contribution in [3.8, 4) is 11.3 Å². The first-order valence-electron chi connectivity index (χ1n) is 4.75. The third-order valence-electron chi connectivity index (χ3n) is 2.27. The minimum Gasteiger partial charge on any atom is -0.420 e. The summed E-state index contributed by atoms with van der Waals surface area (Å²) in [7, 11) is 0. The van der Waals surface area contributed by atoms with E-state index in [2.05, 4.69) is 0 Å². The van der Waals surface area contributed by atoms with Crippen LogP contribution in [0.5, 0.6) is 0 Å². The topological polar surface area (TPSA) is 30.2 Å². The number of halogens is 3. The standard InChI is InChI=1S/C12H7Cl3O2/c1-6-2-4-7(5-3-6)11-9(14)8(13)10(15)12(16)17-11/h2-5H,1H3. The summed E-state index contributed by atoms with van der Waals surface area (Å²) in [4.78, 5) is 11.4. The largest absolute Gasteiger partial charge is 0.420 e. The van der Waals surface area contributed by atoms with E-state index in [9.17, 15) is 4.79 Å². The van der Waals surface area contributed by atoms with Crippen LogP contribution in [0.1, 0.15) is 5.56 Å². The zero-order valence-corrected chi connectivity index (χ0v) is 11.0. The average Bonchev–Trinajstić information content (AvgIpc) is 2.32. The molecule has 5 heteroatoms. The minimum absolute atomic E-state index is 0.0140. The molecule has 2 aromatic rings. The molecule has 0 aliphatic heterocycles. The van der Waals surface area contributed by atoms with Crippen LogP contribution in [0, 0.1) is 6.92 Å². The minimum atomic E-state index is -0.698. The van der Waals surface area contributed by atoms with Gasteiger partial charge < -0.3 is 4.42 Å². The van der Waals surface area contributed by atoms with Gasteiger partial charge in [-0.2, -0.15) is 0 Å². The number of rotatable bonds is 1. The summed E-state index contributed by atoms with van der Waals surface area (Å²) in [6.45, 7) is 1.95. The molecule has 0 amide bonds. The lowest BCUT2D eigenvalue weighted by Gasteiger charge is -2.05. The molecule has 0 N–H and O–H groups in total. The van der Waals surface area contributed by atoms with Crippen LogP contribution >= 0.6 is 34.8 Å². The van der Waals surface area contributed by atoms with Gasteiger partial charge in [0.05, 0.1) is 5.02 Å². The van der Waals surface area contributed by atoms with Gasteiger partial charge in [-0.3, -0.25) is 0 Å². The SMILES string of the molecule is Cc1ccc(-c2oc(=O)c(Cl)c(Cl)c2Cl)cc1. The van der Waals surface area contributed by atoms with E-state index in [1.807, 2.05) is 19.1 Å². The summed E-state index contributed by atoms with van der Waals surface area (Å²) in [6, 6.07) is 7.36. The highest BCUT2D eigenvalue weighted by molar-refractivity contribution is 6.48. The highest BCUT2D eigenvalue weighted by atomic mass is 35.5. The van der Waals surface area contributed by atoms with Crippen LogP contribution in [-0.2, 0) is 0 Å². The molecule has 0 atom stereocenters. The molecular weight excluding hydrogens is 282 g/mol. The molecule has 2 rings (SSSR count). The van der Waals surface area contributed by atoms with Gasteiger partial charge in [-0.25, -0.2) is 4.79 Å². The van der Waals surface area contributed by atoms with Gasteiger partial charge in [-0.1, -0.05) is 64.6 Å². The van der Waals surface area contributed by atoms with Crippen LogP contribution in [0.3, 0.4) is 0 Å². The third kappa shape index (κ3) is 2.34.